The van der Waals surface area contributed by atoms with Gasteiger partial charge in [-0.3, -0.25) is 9.79 Å². The number of rotatable bonds is 9. The van der Waals surface area contributed by atoms with Crippen LogP contribution in [0.1, 0.15) is 27.9 Å². The summed E-state index contributed by atoms with van der Waals surface area (Å²) < 4.78 is 5.72. The van der Waals surface area contributed by atoms with E-state index in [0.29, 0.717) is 12.2 Å². The largest absolute Gasteiger partial charge is 0.494 e. The molecule has 2 rings (SSSR count). The van der Waals surface area contributed by atoms with Crippen LogP contribution in [0.25, 0.3) is 0 Å². The van der Waals surface area contributed by atoms with E-state index in [9.17, 15) is 4.79 Å². The lowest BCUT2D eigenvalue weighted by Gasteiger charge is -2.12. The maximum absolute atomic E-state index is 11.7. The zero-order valence-corrected chi connectivity index (χ0v) is 16.9. The quantitative estimate of drug-likeness (QED) is 0.354. The number of hydrogen-bond acceptors (Lipinski definition) is 3. The summed E-state index contributed by atoms with van der Waals surface area (Å²) >= 11 is 0. The van der Waals surface area contributed by atoms with Crippen LogP contribution in [0, 0.1) is 6.92 Å². The van der Waals surface area contributed by atoms with Crippen molar-refractivity contribution >= 4 is 11.9 Å². The summed E-state index contributed by atoms with van der Waals surface area (Å²) in [5.74, 6) is 1.59. The lowest BCUT2D eigenvalue weighted by Crippen LogP contribution is -2.39. The van der Waals surface area contributed by atoms with Crippen LogP contribution in [-0.4, -0.2) is 45.7 Å². The first kappa shape index (κ1) is 21.3. The van der Waals surface area contributed by atoms with E-state index in [0.717, 1.165) is 43.2 Å². The smallest absolute Gasteiger partial charge is 0.251 e. The second-order valence-corrected chi connectivity index (χ2v) is 6.47. The molecule has 3 N–H and O–H groups in total. The number of carbonyl (C=O) groups is 1. The Morgan fingerprint density at radius 1 is 1.07 bits per heavy atom. The van der Waals surface area contributed by atoms with Crippen molar-refractivity contribution in [3.63, 3.8) is 0 Å². The molecule has 2 aromatic rings. The first-order chi connectivity index (χ1) is 13.6. The van der Waals surface area contributed by atoms with Gasteiger partial charge in [-0.25, -0.2) is 0 Å². The predicted octanol–water partition coefficient (Wildman–Crippen LogP) is 2.53. The molecule has 28 heavy (non-hydrogen) atoms. The standard InChI is InChI=1S/C22H30N4O2/c1-17-8-10-20(11-9-17)28-15-5-13-25-22(24-3)26-14-12-18-6-4-7-19(16-18)21(27)23-2/h4,6-11,16H,5,12-15H2,1-3H3,(H,23,27)(H2,24,25,26). The fourth-order valence-corrected chi connectivity index (χ4v) is 2.66. The number of aryl methyl sites for hydroxylation is 1. The number of ether oxygens (including phenoxy) is 1. The molecule has 1 amide bonds. The molecule has 0 aromatic heterocycles. The third-order valence-corrected chi connectivity index (χ3v) is 4.25. The molecule has 0 fully saturated rings. The van der Waals surface area contributed by atoms with E-state index >= 15 is 0 Å². The molecule has 0 atom stereocenters. The van der Waals surface area contributed by atoms with Crippen LogP contribution in [0.2, 0.25) is 0 Å². The van der Waals surface area contributed by atoms with Crippen LogP contribution in [-0.2, 0) is 6.42 Å². The molecule has 0 aliphatic rings. The first-order valence-electron chi connectivity index (χ1n) is 9.57. The third-order valence-electron chi connectivity index (χ3n) is 4.25. The predicted molar refractivity (Wildman–Crippen MR) is 114 cm³/mol. The number of aliphatic imine (C=N–C) groups is 1. The summed E-state index contributed by atoms with van der Waals surface area (Å²) in [4.78, 5) is 15.9. The summed E-state index contributed by atoms with van der Waals surface area (Å²) in [6.45, 7) is 4.22. The molecule has 6 nitrogen and oxygen atoms in total. The highest BCUT2D eigenvalue weighted by Gasteiger charge is 2.04. The van der Waals surface area contributed by atoms with E-state index in [1.54, 1.807) is 14.1 Å². The number of carbonyl (C=O) groups excluding carboxylic acids is 1. The fourth-order valence-electron chi connectivity index (χ4n) is 2.66. The summed E-state index contributed by atoms with van der Waals surface area (Å²) in [5, 5.41) is 9.22. The lowest BCUT2D eigenvalue weighted by atomic mass is 10.1. The van der Waals surface area contributed by atoms with Crippen LogP contribution in [0.3, 0.4) is 0 Å². The van der Waals surface area contributed by atoms with Crippen LogP contribution in [0.5, 0.6) is 5.75 Å². The second-order valence-electron chi connectivity index (χ2n) is 6.47. The molecule has 0 unspecified atom stereocenters. The Bertz CT molecular complexity index is 772. The van der Waals surface area contributed by atoms with Crippen LogP contribution >= 0.6 is 0 Å². The maximum Gasteiger partial charge on any atom is 0.251 e. The molecule has 150 valence electrons. The van der Waals surface area contributed by atoms with Crippen LogP contribution in [0.15, 0.2) is 53.5 Å². The van der Waals surface area contributed by atoms with Crippen molar-refractivity contribution in [1.29, 1.82) is 0 Å². The van der Waals surface area contributed by atoms with Gasteiger partial charge in [-0.1, -0.05) is 29.8 Å². The Morgan fingerprint density at radius 2 is 1.82 bits per heavy atom. The molecule has 6 heteroatoms. The van der Waals surface area contributed by atoms with Gasteiger partial charge in [0.2, 0.25) is 0 Å². The number of amides is 1. The topological polar surface area (TPSA) is 74.8 Å². The zero-order chi connectivity index (χ0) is 20.2. The molecule has 0 heterocycles. The molecular formula is C22H30N4O2. The molecule has 0 saturated carbocycles. The van der Waals surface area contributed by atoms with Crippen molar-refractivity contribution < 1.29 is 9.53 Å². The Labute approximate surface area is 167 Å². The number of nitrogens with one attached hydrogen (secondary N) is 3. The number of guanidine groups is 1. The van der Waals surface area contributed by atoms with Gasteiger partial charge < -0.3 is 20.7 Å². The highest BCUT2D eigenvalue weighted by molar-refractivity contribution is 5.94. The molecule has 2 aromatic carbocycles. The van der Waals surface area contributed by atoms with E-state index in [1.165, 1.54) is 5.56 Å². The molecule has 0 spiro atoms. The normalized spacial score (nSPS) is 11.0. The van der Waals surface area contributed by atoms with Gasteiger partial charge in [0.15, 0.2) is 5.96 Å². The fraction of sp³-hybridized carbons (Fsp3) is 0.364. The van der Waals surface area contributed by atoms with Gasteiger partial charge in [0.25, 0.3) is 5.91 Å². The van der Waals surface area contributed by atoms with Crippen LogP contribution in [0.4, 0.5) is 0 Å². The molecule has 0 aliphatic heterocycles. The Balaban J connectivity index is 1.64. The van der Waals surface area contributed by atoms with Gasteiger partial charge in [0.1, 0.15) is 5.75 Å². The van der Waals surface area contributed by atoms with Gasteiger partial charge >= 0.3 is 0 Å². The van der Waals surface area contributed by atoms with E-state index < -0.39 is 0 Å². The van der Waals surface area contributed by atoms with E-state index in [4.69, 9.17) is 4.74 Å². The maximum atomic E-state index is 11.7. The number of hydrogen-bond donors (Lipinski definition) is 3. The monoisotopic (exact) mass is 382 g/mol. The van der Waals surface area contributed by atoms with Crippen molar-refractivity contribution in [2.24, 2.45) is 4.99 Å². The van der Waals surface area contributed by atoms with Gasteiger partial charge in [-0.2, -0.15) is 0 Å². The molecule has 0 saturated heterocycles. The SMILES string of the molecule is CN=C(NCCCOc1ccc(C)cc1)NCCc1cccc(C(=O)NC)c1. The Morgan fingerprint density at radius 3 is 2.54 bits per heavy atom. The lowest BCUT2D eigenvalue weighted by molar-refractivity contribution is 0.0963. The third kappa shape index (κ3) is 7.31. The average Bonchev–Trinajstić information content (AvgIpc) is 2.73. The first-order valence-corrected chi connectivity index (χ1v) is 9.57. The Kier molecular flexibility index (Phi) is 8.85. The summed E-state index contributed by atoms with van der Waals surface area (Å²) in [6.07, 6.45) is 1.69. The minimum Gasteiger partial charge on any atom is -0.494 e. The van der Waals surface area contributed by atoms with Gasteiger partial charge in [-0.05, 0) is 49.6 Å². The Hall–Kier alpha value is -3.02. The minimum absolute atomic E-state index is 0.0693. The molecular weight excluding hydrogens is 352 g/mol. The average molecular weight is 383 g/mol. The summed E-state index contributed by atoms with van der Waals surface area (Å²) in [7, 11) is 3.39. The zero-order valence-electron chi connectivity index (χ0n) is 16.9. The highest BCUT2D eigenvalue weighted by Crippen LogP contribution is 2.11. The summed E-state index contributed by atoms with van der Waals surface area (Å²) in [6, 6.07) is 15.7. The number of nitrogens with zero attached hydrogens (tertiary/aromatic N) is 1. The summed E-state index contributed by atoms with van der Waals surface area (Å²) in [5.41, 5.74) is 3.01. The molecule has 0 aliphatic carbocycles. The van der Waals surface area contributed by atoms with Crippen molar-refractivity contribution in [2.75, 3.05) is 33.8 Å². The van der Waals surface area contributed by atoms with E-state index in [2.05, 4.69) is 27.9 Å². The van der Waals surface area contributed by atoms with Crippen molar-refractivity contribution in [2.45, 2.75) is 19.8 Å². The number of benzene rings is 2. The van der Waals surface area contributed by atoms with E-state index in [-0.39, 0.29) is 5.91 Å². The van der Waals surface area contributed by atoms with Crippen molar-refractivity contribution in [3.05, 3.63) is 65.2 Å². The highest BCUT2D eigenvalue weighted by atomic mass is 16.5. The second kappa shape index (κ2) is 11.6. The van der Waals surface area contributed by atoms with E-state index in [1.807, 2.05) is 48.5 Å². The van der Waals surface area contributed by atoms with Crippen molar-refractivity contribution in [1.82, 2.24) is 16.0 Å². The van der Waals surface area contributed by atoms with Gasteiger partial charge in [0, 0.05) is 32.7 Å². The molecule has 0 radical (unpaired) electrons. The van der Waals surface area contributed by atoms with Gasteiger partial charge in [0.05, 0.1) is 6.61 Å². The minimum atomic E-state index is -0.0693. The van der Waals surface area contributed by atoms with Crippen molar-refractivity contribution in [3.8, 4) is 5.75 Å². The van der Waals surface area contributed by atoms with Gasteiger partial charge in [-0.15, -0.1) is 0 Å². The molecule has 0 bridgehead atoms. The van der Waals surface area contributed by atoms with Crippen LogP contribution < -0.4 is 20.7 Å².